The van der Waals surface area contributed by atoms with Crippen LogP contribution in [0.25, 0.3) is 0 Å². The molecule has 1 aliphatic heterocycles. The Morgan fingerprint density at radius 2 is 2.14 bits per heavy atom. The smallest absolute Gasteiger partial charge is 0.420 e. The van der Waals surface area contributed by atoms with Gasteiger partial charge in [0, 0.05) is 42.5 Å². The highest BCUT2D eigenvalue weighted by molar-refractivity contribution is 6.30. The van der Waals surface area contributed by atoms with Crippen molar-refractivity contribution in [2.45, 2.75) is 12.8 Å². The minimum Gasteiger partial charge on any atom is -0.490 e. The Bertz CT molecular complexity index is 1180. The van der Waals surface area contributed by atoms with Crippen molar-refractivity contribution in [3.63, 3.8) is 0 Å². The first-order valence-electron chi connectivity index (χ1n) is 11.3. The van der Waals surface area contributed by atoms with E-state index in [0.717, 1.165) is 25.9 Å². The minimum atomic E-state index is -0.645. The summed E-state index contributed by atoms with van der Waals surface area (Å²) in [5.41, 5.74) is 0.452. The number of likely N-dealkylation sites (tertiary alicyclic amines) is 1. The summed E-state index contributed by atoms with van der Waals surface area (Å²) in [5.74, 6) is 0.940. The van der Waals surface area contributed by atoms with E-state index in [0.29, 0.717) is 34.8 Å². The Hall–Kier alpha value is -3.43. The third kappa shape index (κ3) is 6.80. The number of carbonyl (C=O) groups is 1. The van der Waals surface area contributed by atoms with Gasteiger partial charge in [0.05, 0.1) is 6.61 Å². The maximum Gasteiger partial charge on any atom is 0.420 e. The third-order valence-electron chi connectivity index (χ3n) is 5.64. The molecule has 1 atom stereocenters. The predicted molar refractivity (Wildman–Crippen MR) is 133 cm³/mol. The van der Waals surface area contributed by atoms with E-state index in [-0.39, 0.29) is 11.7 Å². The van der Waals surface area contributed by atoms with Crippen LogP contribution in [0.2, 0.25) is 5.02 Å². The molecule has 0 spiro atoms. The van der Waals surface area contributed by atoms with Gasteiger partial charge in [-0.1, -0.05) is 17.7 Å². The van der Waals surface area contributed by atoms with Crippen LogP contribution in [0.15, 0.2) is 54.7 Å². The fraction of sp³-hybridized carbons (Fsp3) is 0.320. The van der Waals surface area contributed by atoms with Crippen LogP contribution in [0.4, 0.5) is 26.6 Å². The molecule has 3 aromatic rings. The van der Waals surface area contributed by atoms with Gasteiger partial charge in [0.2, 0.25) is 5.95 Å². The number of nitrogens with one attached hydrogen (secondary N) is 1. The zero-order valence-electron chi connectivity index (χ0n) is 19.6. The molecule has 8 nitrogen and oxygen atoms in total. The molecule has 10 heteroatoms. The van der Waals surface area contributed by atoms with Crippen molar-refractivity contribution < 1.29 is 18.7 Å². The molecule has 0 aliphatic carbocycles. The average molecular weight is 500 g/mol. The lowest BCUT2D eigenvalue weighted by Crippen LogP contribution is -2.34. The van der Waals surface area contributed by atoms with E-state index in [1.165, 1.54) is 30.3 Å². The zero-order chi connectivity index (χ0) is 24.8. The van der Waals surface area contributed by atoms with Gasteiger partial charge >= 0.3 is 6.09 Å². The first kappa shape index (κ1) is 24.7. The second-order valence-electron chi connectivity index (χ2n) is 8.47. The van der Waals surface area contributed by atoms with Crippen molar-refractivity contribution in [1.29, 1.82) is 0 Å². The lowest BCUT2D eigenvalue weighted by atomic mass is 10.00. The molecule has 1 aromatic heterocycles. The summed E-state index contributed by atoms with van der Waals surface area (Å²) >= 11 is 5.93. The molecule has 1 aliphatic rings. The molecule has 1 amide bonds. The van der Waals surface area contributed by atoms with Crippen molar-refractivity contribution >= 4 is 35.1 Å². The van der Waals surface area contributed by atoms with E-state index in [9.17, 15) is 9.18 Å². The number of benzene rings is 2. The highest BCUT2D eigenvalue weighted by atomic mass is 35.5. The molecular weight excluding hydrogens is 473 g/mol. The Morgan fingerprint density at radius 3 is 2.91 bits per heavy atom. The normalized spacial score (nSPS) is 15.9. The molecule has 2 heterocycles. The Kier molecular flexibility index (Phi) is 7.99. The highest BCUT2D eigenvalue weighted by Crippen LogP contribution is 2.25. The predicted octanol–water partition coefficient (Wildman–Crippen LogP) is 5.37. The molecule has 0 saturated carbocycles. The summed E-state index contributed by atoms with van der Waals surface area (Å²) in [6, 6.07) is 12.7. The second-order valence-corrected chi connectivity index (χ2v) is 8.91. The van der Waals surface area contributed by atoms with E-state index in [1.807, 2.05) is 0 Å². The van der Waals surface area contributed by atoms with Gasteiger partial charge in [0.25, 0.3) is 0 Å². The monoisotopic (exact) mass is 499 g/mol. The molecule has 1 N–H and O–H groups in total. The number of hydrogen-bond acceptors (Lipinski definition) is 7. The number of anilines is 3. The molecule has 0 bridgehead atoms. The standard InChI is InChI=1S/C25H27ClFN5O3/c1-31-12-4-5-17(15-31)16-34-22-9-8-19(14-21(22)27)29-24-28-11-10-23(30-24)32(2)25(33)35-20-7-3-6-18(26)13-20/h3,6-11,13-14,17H,4-5,12,15-16H2,1-2H3,(H,28,29,30). The highest BCUT2D eigenvalue weighted by Gasteiger charge is 2.19. The molecule has 1 saturated heterocycles. The van der Waals surface area contributed by atoms with Gasteiger partial charge in [0.15, 0.2) is 11.6 Å². The number of ether oxygens (including phenoxy) is 2. The van der Waals surface area contributed by atoms with Crippen molar-refractivity contribution in [2.75, 3.05) is 44.0 Å². The number of piperidine rings is 1. The van der Waals surface area contributed by atoms with Crippen LogP contribution in [0.1, 0.15) is 12.8 Å². The first-order chi connectivity index (χ1) is 16.9. The van der Waals surface area contributed by atoms with Gasteiger partial charge in [0.1, 0.15) is 11.6 Å². The molecule has 1 unspecified atom stereocenters. The first-order valence-corrected chi connectivity index (χ1v) is 11.7. The second kappa shape index (κ2) is 11.3. The van der Waals surface area contributed by atoms with Gasteiger partial charge in [-0.15, -0.1) is 0 Å². The maximum absolute atomic E-state index is 14.6. The van der Waals surface area contributed by atoms with Crippen LogP contribution in [0, 0.1) is 11.7 Å². The molecular formula is C25H27ClFN5O3. The summed E-state index contributed by atoms with van der Waals surface area (Å²) in [6.07, 6.45) is 3.06. The van der Waals surface area contributed by atoms with Gasteiger partial charge in [-0.25, -0.2) is 14.2 Å². The SMILES string of the molecule is CN1CCCC(COc2ccc(Nc3nccc(N(C)C(=O)Oc4cccc(Cl)c4)n3)cc2F)C1. The van der Waals surface area contributed by atoms with Gasteiger partial charge in [-0.05, 0) is 62.8 Å². The fourth-order valence-corrected chi connectivity index (χ4v) is 4.01. The molecule has 35 heavy (non-hydrogen) atoms. The number of halogens is 2. The van der Waals surface area contributed by atoms with E-state index < -0.39 is 11.9 Å². The maximum atomic E-state index is 14.6. The summed E-state index contributed by atoms with van der Waals surface area (Å²) in [6.45, 7) is 2.53. The van der Waals surface area contributed by atoms with Crippen molar-refractivity contribution in [3.8, 4) is 11.5 Å². The van der Waals surface area contributed by atoms with E-state index >= 15 is 0 Å². The fourth-order valence-electron chi connectivity index (χ4n) is 3.83. The number of aromatic nitrogens is 2. The van der Waals surface area contributed by atoms with Crippen LogP contribution < -0.4 is 19.7 Å². The molecule has 2 aromatic carbocycles. The average Bonchev–Trinajstić information content (AvgIpc) is 2.83. The number of rotatable bonds is 7. The third-order valence-corrected chi connectivity index (χ3v) is 5.88. The van der Waals surface area contributed by atoms with Crippen molar-refractivity contribution in [3.05, 3.63) is 65.6 Å². The van der Waals surface area contributed by atoms with E-state index in [1.54, 1.807) is 36.4 Å². The van der Waals surface area contributed by atoms with Crippen molar-refractivity contribution in [1.82, 2.24) is 14.9 Å². The summed E-state index contributed by atoms with van der Waals surface area (Å²) in [7, 11) is 3.61. The minimum absolute atomic E-state index is 0.197. The Balaban J connectivity index is 1.37. The van der Waals surface area contributed by atoms with Crippen LogP contribution in [0.5, 0.6) is 11.5 Å². The Morgan fingerprint density at radius 1 is 1.29 bits per heavy atom. The van der Waals surface area contributed by atoms with E-state index in [2.05, 4.69) is 27.2 Å². The van der Waals surface area contributed by atoms with Gasteiger partial charge < -0.3 is 19.7 Å². The number of amides is 1. The van der Waals surface area contributed by atoms with Crippen LogP contribution in [-0.4, -0.2) is 54.8 Å². The van der Waals surface area contributed by atoms with Crippen LogP contribution in [0.3, 0.4) is 0 Å². The van der Waals surface area contributed by atoms with E-state index in [4.69, 9.17) is 21.1 Å². The van der Waals surface area contributed by atoms with Crippen LogP contribution >= 0.6 is 11.6 Å². The quantitative estimate of drug-likeness (QED) is 0.468. The Labute approximate surface area is 208 Å². The van der Waals surface area contributed by atoms with Gasteiger partial charge in [-0.3, -0.25) is 4.90 Å². The number of nitrogens with zero attached hydrogens (tertiary/aromatic N) is 4. The lowest BCUT2D eigenvalue weighted by Gasteiger charge is -2.29. The van der Waals surface area contributed by atoms with Crippen molar-refractivity contribution in [2.24, 2.45) is 5.92 Å². The lowest BCUT2D eigenvalue weighted by molar-refractivity contribution is 0.147. The molecule has 4 rings (SSSR count). The largest absolute Gasteiger partial charge is 0.490 e. The van der Waals surface area contributed by atoms with Crippen LogP contribution in [-0.2, 0) is 0 Å². The summed E-state index contributed by atoms with van der Waals surface area (Å²) < 4.78 is 25.7. The number of hydrogen-bond donors (Lipinski definition) is 1. The topological polar surface area (TPSA) is 79.8 Å². The summed E-state index contributed by atoms with van der Waals surface area (Å²) in [4.78, 5) is 24.5. The summed E-state index contributed by atoms with van der Waals surface area (Å²) in [5, 5.41) is 3.41. The molecule has 1 fully saturated rings. The zero-order valence-corrected chi connectivity index (χ0v) is 20.3. The van der Waals surface area contributed by atoms with Gasteiger partial charge in [-0.2, -0.15) is 4.98 Å². The molecule has 0 radical (unpaired) electrons. The number of carbonyl (C=O) groups excluding carboxylic acids is 1. The molecule has 184 valence electrons.